The summed E-state index contributed by atoms with van der Waals surface area (Å²) in [6, 6.07) is 4.35. The number of ether oxygens (including phenoxy) is 1. The van der Waals surface area contributed by atoms with Gasteiger partial charge in [0.15, 0.2) is 0 Å². The second-order valence-electron chi connectivity index (χ2n) is 4.79. The van der Waals surface area contributed by atoms with Gasteiger partial charge in [0.2, 0.25) is 0 Å². The maximum absolute atomic E-state index is 13.2. The second kappa shape index (κ2) is 4.65. The van der Waals surface area contributed by atoms with Crippen molar-refractivity contribution in [3.05, 3.63) is 29.6 Å². The zero-order valence-corrected chi connectivity index (χ0v) is 10.4. The van der Waals surface area contributed by atoms with Crippen molar-refractivity contribution in [3.8, 4) is 5.75 Å². The summed E-state index contributed by atoms with van der Waals surface area (Å²) in [7, 11) is 0. The Bertz CT molecular complexity index is 405. The van der Waals surface area contributed by atoms with E-state index >= 15 is 0 Å². The number of fused-ring (bicyclic) bond motifs is 1. The summed E-state index contributed by atoms with van der Waals surface area (Å²) in [4.78, 5) is 0. The van der Waals surface area contributed by atoms with E-state index in [1.165, 1.54) is 12.1 Å². The average molecular weight is 238 g/mol. The zero-order chi connectivity index (χ0) is 12.5. The molecule has 17 heavy (non-hydrogen) atoms. The molecule has 3 heteroatoms. The molecule has 0 aliphatic carbocycles. The standard InChI is InChI=1S/C14H19FO2/c1-3-7-14(4-2)9-12(16)11-6-5-10(15)8-13(11)17-14/h5-6,8,12,16H,3-4,7,9H2,1-2H3/t12-,14?/m0/s1. The van der Waals surface area contributed by atoms with Crippen molar-refractivity contribution in [2.24, 2.45) is 0 Å². The van der Waals surface area contributed by atoms with E-state index in [9.17, 15) is 9.50 Å². The third-order valence-electron chi connectivity index (χ3n) is 3.58. The van der Waals surface area contributed by atoms with E-state index < -0.39 is 6.10 Å². The molecule has 2 nitrogen and oxygen atoms in total. The number of hydrogen-bond acceptors (Lipinski definition) is 2. The van der Waals surface area contributed by atoms with Crippen LogP contribution in [0, 0.1) is 5.82 Å². The van der Waals surface area contributed by atoms with Crippen molar-refractivity contribution in [3.63, 3.8) is 0 Å². The smallest absolute Gasteiger partial charge is 0.128 e. The van der Waals surface area contributed by atoms with Gasteiger partial charge in [-0.2, -0.15) is 0 Å². The quantitative estimate of drug-likeness (QED) is 0.872. The van der Waals surface area contributed by atoms with E-state index in [2.05, 4.69) is 6.92 Å². The highest BCUT2D eigenvalue weighted by Gasteiger charge is 2.38. The van der Waals surface area contributed by atoms with Crippen LogP contribution in [-0.4, -0.2) is 10.7 Å². The molecule has 2 rings (SSSR count). The minimum absolute atomic E-state index is 0.320. The summed E-state index contributed by atoms with van der Waals surface area (Å²) < 4.78 is 19.2. The monoisotopic (exact) mass is 238 g/mol. The summed E-state index contributed by atoms with van der Waals surface area (Å²) >= 11 is 0. The van der Waals surface area contributed by atoms with Crippen LogP contribution in [0.15, 0.2) is 18.2 Å². The van der Waals surface area contributed by atoms with Gasteiger partial charge in [-0.1, -0.05) is 20.3 Å². The van der Waals surface area contributed by atoms with Crippen LogP contribution in [0.4, 0.5) is 4.39 Å². The Balaban J connectivity index is 2.36. The van der Waals surface area contributed by atoms with Gasteiger partial charge >= 0.3 is 0 Å². The van der Waals surface area contributed by atoms with Crippen LogP contribution in [0.25, 0.3) is 0 Å². The van der Waals surface area contributed by atoms with Gasteiger partial charge in [0.1, 0.15) is 17.2 Å². The Hall–Kier alpha value is -1.09. The predicted octanol–water partition coefficient (Wildman–Crippen LogP) is 3.59. The van der Waals surface area contributed by atoms with Crippen LogP contribution >= 0.6 is 0 Å². The summed E-state index contributed by atoms with van der Waals surface area (Å²) in [5.74, 6) is 0.179. The molecule has 0 radical (unpaired) electrons. The lowest BCUT2D eigenvalue weighted by Gasteiger charge is -2.40. The molecule has 2 atom stereocenters. The van der Waals surface area contributed by atoms with Gasteiger partial charge in [-0.3, -0.25) is 0 Å². The number of halogens is 1. The third-order valence-corrected chi connectivity index (χ3v) is 3.58. The molecule has 0 bridgehead atoms. The second-order valence-corrected chi connectivity index (χ2v) is 4.79. The molecule has 0 amide bonds. The topological polar surface area (TPSA) is 29.5 Å². The maximum atomic E-state index is 13.2. The van der Waals surface area contributed by atoms with E-state index in [-0.39, 0.29) is 11.4 Å². The lowest BCUT2D eigenvalue weighted by molar-refractivity contribution is -0.0234. The lowest BCUT2D eigenvalue weighted by Crippen LogP contribution is -2.40. The molecular weight excluding hydrogens is 219 g/mol. The largest absolute Gasteiger partial charge is 0.487 e. The molecule has 1 aromatic rings. The SMILES string of the molecule is CCCC1(CC)C[C@H](O)c2ccc(F)cc2O1. The Morgan fingerprint density at radius 2 is 2.24 bits per heavy atom. The maximum Gasteiger partial charge on any atom is 0.128 e. The summed E-state index contributed by atoms with van der Waals surface area (Å²) in [5, 5.41) is 10.1. The van der Waals surface area contributed by atoms with Gasteiger partial charge in [0, 0.05) is 18.1 Å². The van der Waals surface area contributed by atoms with Crippen LogP contribution in [0.2, 0.25) is 0 Å². The first-order valence-corrected chi connectivity index (χ1v) is 6.27. The van der Waals surface area contributed by atoms with Gasteiger partial charge in [-0.15, -0.1) is 0 Å². The number of aliphatic hydroxyl groups is 1. The highest BCUT2D eigenvalue weighted by molar-refractivity contribution is 5.38. The fourth-order valence-corrected chi connectivity index (χ4v) is 2.61. The molecule has 1 heterocycles. The Labute approximate surface area is 101 Å². The van der Waals surface area contributed by atoms with Crippen molar-refractivity contribution in [1.29, 1.82) is 0 Å². The molecule has 94 valence electrons. The first kappa shape index (κ1) is 12.4. The van der Waals surface area contributed by atoms with E-state index in [0.717, 1.165) is 19.3 Å². The normalized spacial score (nSPS) is 27.4. The third kappa shape index (κ3) is 2.29. The highest BCUT2D eigenvalue weighted by Crippen LogP contribution is 2.43. The van der Waals surface area contributed by atoms with Crippen molar-refractivity contribution >= 4 is 0 Å². The molecule has 1 N–H and O–H groups in total. The molecular formula is C14H19FO2. The van der Waals surface area contributed by atoms with E-state index in [1.54, 1.807) is 6.07 Å². The number of rotatable bonds is 3. The summed E-state index contributed by atoms with van der Waals surface area (Å²) in [6.07, 6.45) is 2.75. The van der Waals surface area contributed by atoms with Crippen LogP contribution < -0.4 is 4.74 Å². The lowest BCUT2D eigenvalue weighted by atomic mass is 9.83. The van der Waals surface area contributed by atoms with Gasteiger partial charge in [-0.05, 0) is 25.0 Å². The van der Waals surface area contributed by atoms with Gasteiger partial charge in [0.25, 0.3) is 0 Å². The summed E-state index contributed by atoms with van der Waals surface area (Å²) in [6.45, 7) is 4.14. The zero-order valence-electron chi connectivity index (χ0n) is 10.4. The Kier molecular flexibility index (Phi) is 3.38. The van der Waals surface area contributed by atoms with Gasteiger partial charge in [0.05, 0.1) is 6.10 Å². The first-order valence-electron chi connectivity index (χ1n) is 6.27. The Morgan fingerprint density at radius 1 is 1.47 bits per heavy atom. The number of aliphatic hydroxyl groups excluding tert-OH is 1. The number of benzene rings is 1. The minimum atomic E-state index is -0.550. The van der Waals surface area contributed by atoms with Crippen LogP contribution in [-0.2, 0) is 0 Å². The van der Waals surface area contributed by atoms with E-state index in [1.807, 2.05) is 6.92 Å². The molecule has 1 aromatic carbocycles. The van der Waals surface area contributed by atoms with E-state index in [0.29, 0.717) is 17.7 Å². The highest BCUT2D eigenvalue weighted by atomic mass is 19.1. The minimum Gasteiger partial charge on any atom is -0.487 e. The molecule has 0 fully saturated rings. The van der Waals surface area contributed by atoms with Crippen LogP contribution in [0.3, 0.4) is 0 Å². The molecule has 0 spiro atoms. The molecule has 1 aliphatic heterocycles. The molecule has 1 aliphatic rings. The first-order chi connectivity index (χ1) is 8.10. The average Bonchev–Trinajstić information content (AvgIpc) is 2.28. The summed E-state index contributed by atoms with van der Waals surface area (Å²) in [5.41, 5.74) is 0.362. The van der Waals surface area contributed by atoms with Crippen molar-refractivity contribution < 1.29 is 14.2 Å². The molecule has 0 aromatic heterocycles. The Morgan fingerprint density at radius 3 is 2.88 bits per heavy atom. The number of hydrogen-bond donors (Lipinski definition) is 1. The van der Waals surface area contributed by atoms with Crippen molar-refractivity contribution in [1.82, 2.24) is 0 Å². The predicted molar refractivity (Wildman–Crippen MR) is 64.5 cm³/mol. The molecule has 0 saturated heterocycles. The molecule has 1 unspecified atom stereocenters. The fraction of sp³-hybridized carbons (Fsp3) is 0.571. The van der Waals surface area contributed by atoms with Gasteiger partial charge in [-0.25, -0.2) is 4.39 Å². The fourth-order valence-electron chi connectivity index (χ4n) is 2.61. The van der Waals surface area contributed by atoms with Crippen molar-refractivity contribution in [2.75, 3.05) is 0 Å². The van der Waals surface area contributed by atoms with Crippen LogP contribution in [0.1, 0.15) is 51.2 Å². The van der Waals surface area contributed by atoms with E-state index in [4.69, 9.17) is 4.74 Å². The van der Waals surface area contributed by atoms with Crippen LogP contribution in [0.5, 0.6) is 5.75 Å². The van der Waals surface area contributed by atoms with Crippen molar-refractivity contribution in [2.45, 2.75) is 51.2 Å². The van der Waals surface area contributed by atoms with Gasteiger partial charge < -0.3 is 9.84 Å². The molecule has 0 saturated carbocycles.